The second-order valence-electron chi connectivity index (χ2n) is 2.16. The van der Waals surface area contributed by atoms with E-state index in [0.29, 0.717) is 12.8 Å². The number of hydrogen-bond donors (Lipinski definition) is 3. The standard InChI is InChI=1S/C7H15NO2/c8-7(6-10)4-2-1-3-5-9/h1-2,7,9-10H,3-6,8H2. The lowest BCUT2D eigenvalue weighted by Gasteiger charge is -2.01. The van der Waals surface area contributed by atoms with Crippen molar-refractivity contribution in [3.63, 3.8) is 0 Å². The Labute approximate surface area is 61.2 Å². The van der Waals surface area contributed by atoms with E-state index in [1.165, 1.54) is 0 Å². The molecule has 0 aliphatic carbocycles. The highest BCUT2D eigenvalue weighted by molar-refractivity contribution is 4.84. The maximum Gasteiger partial charge on any atom is 0.0585 e. The Morgan fingerprint density at radius 2 is 2.00 bits per heavy atom. The van der Waals surface area contributed by atoms with Crippen LogP contribution in [0, 0.1) is 0 Å². The number of aliphatic hydroxyl groups is 2. The van der Waals surface area contributed by atoms with Gasteiger partial charge in [0.05, 0.1) is 6.61 Å². The quantitative estimate of drug-likeness (QED) is 0.463. The molecule has 0 rings (SSSR count). The molecule has 0 saturated heterocycles. The van der Waals surface area contributed by atoms with E-state index < -0.39 is 0 Å². The van der Waals surface area contributed by atoms with Gasteiger partial charge in [0, 0.05) is 12.6 Å². The minimum Gasteiger partial charge on any atom is -0.396 e. The summed E-state index contributed by atoms with van der Waals surface area (Å²) in [5, 5.41) is 16.8. The van der Waals surface area contributed by atoms with Crippen molar-refractivity contribution in [2.75, 3.05) is 13.2 Å². The van der Waals surface area contributed by atoms with Gasteiger partial charge >= 0.3 is 0 Å². The highest BCUT2D eigenvalue weighted by atomic mass is 16.3. The van der Waals surface area contributed by atoms with Crippen molar-refractivity contribution in [3.8, 4) is 0 Å². The lowest BCUT2D eigenvalue weighted by molar-refractivity contribution is 0.266. The molecule has 0 saturated carbocycles. The number of aliphatic hydroxyl groups excluding tert-OH is 2. The van der Waals surface area contributed by atoms with Crippen LogP contribution in [-0.4, -0.2) is 29.5 Å². The summed E-state index contributed by atoms with van der Waals surface area (Å²) < 4.78 is 0. The van der Waals surface area contributed by atoms with Crippen LogP contribution in [0.1, 0.15) is 12.8 Å². The fourth-order valence-corrected chi connectivity index (χ4v) is 0.538. The third-order valence-corrected chi connectivity index (χ3v) is 1.14. The van der Waals surface area contributed by atoms with E-state index in [9.17, 15) is 0 Å². The summed E-state index contributed by atoms with van der Waals surface area (Å²) in [6, 6.07) is -0.157. The third-order valence-electron chi connectivity index (χ3n) is 1.14. The van der Waals surface area contributed by atoms with Crippen molar-refractivity contribution in [1.29, 1.82) is 0 Å². The van der Waals surface area contributed by atoms with Crippen LogP contribution in [0.25, 0.3) is 0 Å². The van der Waals surface area contributed by atoms with E-state index in [2.05, 4.69) is 0 Å². The van der Waals surface area contributed by atoms with E-state index in [1.807, 2.05) is 12.2 Å². The zero-order valence-electron chi connectivity index (χ0n) is 6.03. The maximum absolute atomic E-state index is 8.48. The topological polar surface area (TPSA) is 66.5 Å². The molecular formula is C7H15NO2. The van der Waals surface area contributed by atoms with E-state index in [4.69, 9.17) is 15.9 Å². The molecule has 1 unspecified atom stereocenters. The second-order valence-corrected chi connectivity index (χ2v) is 2.16. The molecular weight excluding hydrogens is 130 g/mol. The molecule has 0 amide bonds. The van der Waals surface area contributed by atoms with Gasteiger partial charge in [-0.05, 0) is 12.8 Å². The molecule has 0 aliphatic rings. The van der Waals surface area contributed by atoms with Crippen LogP contribution in [0.4, 0.5) is 0 Å². The maximum atomic E-state index is 8.48. The Balaban J connectivity index is 3.16. The van der Waals surface area contributed by atoms with Crippen LogP contribution in [0.3, 0.4) is 0 Å². The summed E-state index contributed by atoms with van der Waals surface area (Å²) in [6.07, 6.45) is 5.07. The van der Waals surface area contributed by atoms with Gasteiger partial charge in [-0.3, -0.25) is 0 Å². The normalized spacial score (nSPS) is 14.3. The van der Waals surface area contributed by atoms with Crippen molar-refractivity contribution >= 4 is 0 Å². The van der Waals surface area contributed by atoms with Gasteiger partial charge < -0.3 is 15.9 Å². The molecule has 0 aromatic carbocycles. The smallest absolute Gasteiger partial charge is 0.0585 e. The highest BCUT2D eigenvalue weighted by Gasteiger charge is 1.93. The Kier molecular flexibility index (Phi) is 6.48. The van der Waals surface area contributed by atoms with Crippen molar-refractivity contribution < 1.29 is 10.2 Å². The van der Waals surface area contributed by atoms with Gasteiger partial charge in [0.25, 0.3) is 0 Å². The van der Waals surface area contributed by atoms with Crippen molar-refractivity contribution in [2.24, 2.45) is 5.73 Å². The molecule has 3 nitrogen and oxygen atoms in total. The Morgan fingerprint density at radius 1 is 1.30 bits per heavy atom. The molecule has 4 N–H and O–H groups in total. The number of hydrogen-bond acceptors (Lipinski definition) is 3. The molecule has 0 aliphatic heterocycles. The van der Waals surface area contributed by atoms with Crippen LogP contribution < -0.4 is 5.73 Å². The average molecular weight is 145 g/mol. The minimum atomic E-state index is -0.157. The molecule has 0 heterocycles. The van der Waals surface area contributed by atoms with Crippen molar-refractivity contribution in [3.05, 3.63) is 12.2 Å². The first-order valence-electron chi connectivity index (χ1n) is 3.43. The second kappa shape index (κ2) is 6.74. The summed E-state index contributed by atoms with van der Waals surface area (Å²) in [5.74, 6) is 0. The van der Waals surface area contributed by atoms with Crippen LogP contribution in [-0.2, 0) is 0 Å². The molecule has 10 heavy (non-hydrogen) atoms. The van der Waals surface area contributed by atoms with Gasteiger partial charge in [0.2, 0.25) is 0 Å². The molecule has 0 aromatic heterocycles. The molecule has 0 fully saturated rings. The first-order valence-corrected chi connectivity index (χ1v) is 3.43. The molecule has 0 spiro atoms. The van der Waals surface area contributed by atoms with Crippen molar-refractivity contribution in [2.45, 2.75) is 18.9 Å². The molecule has 0 bridgehead atoms. The van der Waals surface area contributed by atoms with Gasteiger partial charge in [-0.2, -0.15) is 0 Å². The first kappa shape index (κ1) is 9.62. The minimum absolute atomic E-state index is 0.0173. The van der Waals surface area contributed by atoms with Crippen LogP contribution in [0.15, 0.2) is 12.2 Å². The van der Waals surface area contributed by atoms with Gasteiger partial charge in [0.1, 0.15) is 0 Å². The molecule has 1 atom stereocenters. The molecule has 3 heteroatoms. The van der Waals surface area contributed by atoms with Gasteiger partial charge in [-0.15, -0.1) is 0 Å². The molecule has 0 aromatic rings. The highest BCUT2D eigenvalue weighted by Crippen LogP contribution is 1.90. The van der Waals surface area contributed by atoms with Gasteiger partial charge in [-0.1, -0.05) is 12.2 Å². The lowest BCUT2D eigenvalue weighted by atomic mass is 10.2. The summed E-state index contributed by atoms with van der Waals surface area (Å²) in [6.45, 7) is 0.189. The van der Waals surface area contributed by atoms with Crippen LogP contribution >= 0.6 is 0 Å². The Morgan fingerprint density at radius 3 is 2.50 bits per heavy atom. The largest absolute Gasteiger partial charge is 0.396 e. The Bertz CT molecular complexity index is 93.6. The Hall–Kier alpha value is -0.380. The van der Waals surface area contributed by atoms with Gasteiger partial charge in [-0.25, -0.2) is 0 Å². The zero-order chi connectivity index (χ0) is 7.82. The SMILES string of the molecule is NC(CO)CC=CCCO. The summed E-state index contributed by atoms with van der Waals surface area (Å²) in [4.78, 5) is 0. The van der Waals surface area contributed by atoms with Crippen molar-refractivity contribution in [1.82, 2.24) is 0 Å². The summed E-state index contributed by atoms with van der Waals surface area (Å²) in [7, 11) is 0. The first-order chi connectivity index (χ1) is 4.81. The van der Waals surface area contributed by atoms with E-state index >= 15 is 0 Å². The zero-order valence-corrected chi connectivity index (χ0v) is 6.03. The number of rotatable bonds is 5. The van der Waals surface area contributed by atoms with Gasteiger partial charge in [0.15, 0.2) is 0 Å². The monoisotopic (exact) mass is 145 g/mol. The third kappa shape index (κ3) is 5.75. The predicted octanol–water partition coefficient (Wildman–Crippen LogP) is -0.365. The fourth-order valence-electron chi connectivity index (χ4n) is 0.538. The van der Waals surface area contributed by atoms with E-state index in [-0.39, 0.29) is 19.3 Å². The van der Waals surface area contributed by atoms with E-state index in [1.54, 1.807) is 0 Å². The summed E-state index contributed by atoms with van der Waals surface area (Å²) >= 11 is 0. The lowest BCUT2D eigenvalue weighted by Crippen LogP contribution is -2.22. The molecule has 0 radical (unpaired) electrons. The van der Waals surface area contributed by atoms with E-state index in [0.717, 1.165) is 0 Å². The number of nitrogens with two attached hydrogens (primary N) is 1. The summed E-state index contributed by atoms with van der Waals surface area (Å²) in [5.41, 5.74) is 5.39. The van der Waals surface area contributed by atoms with Crippen LogP contribution in [0.5, 0.6) is 0 Å². The molecule has 60 valence electrons. The average Bonchev–Trinajstić information content (AvgIpc) is 1.98. The van der Waals surface area contributed by atoms with Crippen LogP contribution in [0.2, 0.25) is 0 Å². The predicted molar refractivity (Wildman–Crippen MR) is 40.5 cm³/mol. The fraction of sp³-hybridized carbons (Fsp3) is 0.714.